The van der Waals surface area contributed by atoms with Crippen LogP contribution in [0.4, 0.5) is 5.69 Å². The smallest absolute Gasteiger partial charge is 0.310 e. The van der Waals surface area contributed by atoms with Gasteiger partial charge in [-0.15, -0.1) is 0 Å². The molecule has 0 aliphatic carbocycles. The molecule has 1 aromatic rings. The van der Waals surface area contributed by atoms with Gasteiger partial charge in [0.15, 0.2) is 5.75 Å². The number of nitro groups is 1. The standard InChI is InChI=1S/C14H19N3O3/c1-11-5-6-12(17(18)19)13(9-11)20-8-4-7-14(2,10-15)16-3/h5-6,9,16H,4,7-8H2,1-3H3. The predicted octanol–water partition coefficient (Wildman–Crippen LogP) is 2.56. The Kier molecular flexibility index (Phi) is 5.47. The lowest BCUT2D eigenvalue weighted by atomic mass is 9.98. The summed E-state index contributed by atoms with van der Waals surface area (Å²) in [5.41, 5.74) is 0.275. The van der Waals surface area contributed by atoms with E-state index in [1.165, 1.54) is 6.07 Å². The molecular weight excluding hydrogens is 258 g/mol. The Hall–Kier alpha value is -2.13. The van der Waals surface area contributed by atoms with Crippen molar-refractivity contribution in [1.82, 2.24) is 5.32 Å². The van der Waals surface area contributed by atoms with Crippen molar-refractivity contribution in [1.29, 1.82) is 5.26 Å². The van der Waals surface area contributed by atoms with Crippen molar-refractivity contribution in [3.63, 3.8) is 0 Å². The maximum absolute atomic E-state index is 10.9. The Morgan fingerprint density at radius 1 is 1.55 bits per heavy atom. The number of rotatable bonds is 7. The van der Waals surface area contributed by atoms with Gasteiger partial charge in [-0.25, -0.2) is 0 Å². The molecule has 0 bridgehead atoms. The molecule has 0 aromatic heterocycles. The highest BCUT2D eigenvalue weighted by Gasteiger charge is 2.21. The van der Waals surface area contributed by atoms with Gasteiger partial charge in [0.1, 0.15) is 5.54 Å². The number of aryl methyl sites for hydroxylation is 1. The molecule has 0 saturated carbocycles. The molecule has 0 amide bonds. The van der Waals surface area contributed by atoms with Crippen LogP contribution in [0.2, 0.25) is 0 Å². The average Bonchev–Trinajstić information content (AvgIpc) is 2.43. The van der Waals surface area contributed by atoms with Crippen molar-refractivity contribution in [2.45, 2.75) is 32.2 Å². The Bertz CT molecular complexity index is 525. The van der Waals surface area contributed by atoms with Gasteiger partial charge in [0.2, 0.25) is 0 Å². The minimum atomic E-state index is -0.595. The van der Waals surface area contributed by atoms with E-state index in [0.717, 1.165) is 5.56 Å². The predicted molar refractivity (Wildman–Crippen MR) is 75.6 cm³/mol. The molecule has 0 aliphatic rings. The molecule has 0 fully saturated rings. The first-order chi connectivity index (χ1) is 9.41. The summed E-state index contributed by atoms with van der Waals surface area (Å²) in [4.78, 5) is 10.4. The third kappa shape index (κ3) is 4.21. The molecule has 1 atom stereocenters. The lowest BCUT2D eigenvalue weighted by molar-refractivity contribution is -0.385. The molecule has 0 heterocycles. The zero-order chi connectivity index (χ0) is 15.2. The first kappa shape index (κ1) is 15.9. The molecule has 1 unspecified atom stereocenters. The molecule has 0 aliphatic heterocycles. The average molecular weight is 277 g/mol. The van der Waals surface area contributed by atoms with Crippen molar-refractivity contribution in [3.8, 4) is 11.8 Å². The van der Waals surface area contributed by atoms with Gasteiger partial charge in [0.05, 0.1) is 17.6 Å². The number of hydrogen-bond acceptors (Lipinski definition) is 5. The lowest BCUT2D eigenvalue weighted by Gasteiger charge is -2.20. The molecule has 0 spiro atoms. The molecule has 20 heavy (non-hydrogen) atoms. The van der Waals surface area contributed by atoms with E-state index in [1.54, 1.807) is 19.2 Å². The second-order valence-corrected chi connectivity index (χ2v) is 4.87. The van der Waals surface area contributed by atoms with Crippen LogP contribution in [0.5, 0.6) is 5.75 Å². The van der Waals surface area contributed by atoms with Crippen LogP contribution >= 0.6 is 0 Å². The van der Waals surface area contributed by atoms with E-state index in [-0.39, 0.29) is 11.4 Å². The quantitative estimate of drug-likeness (QED) is 0.470. The summed E-state index contributed by atoms with van der Waals surface area (Å²) >= 11 is 0. The number of hydrogen-bond donors (Lipinski definition) is 1. The third-order valence-electron chi connectivity index (χ3n) is 3.19. The molecule has 108 valence electrons. The molecule has 1 rings (SSSR count). The van der Waals surface area contributed by atoms with Crippen LogP contribution in [0, 0.1) is 28.4 Å². The molecule has 1 aromatic carbocycles. The normalized spacial score (nSPS) is 13.3. The van der Waals surface area contributed by atoms with Crippen molar-refractivity contribution < 1.29 is 9.66 Å². The van der Waals surface area contributed by atoms with Crippen LogP contribution < -0.4 is 10.1 Å². The van der Waals surface area contributed by atoms with Gasteiger partial charge in [-0.2, -0.15) is 5.26 Å². The minimum absolute atomic E-state index is 0.0349. The van der Waals surface area contributed by atoms with E-state index in [0.29, 0.717) is 19.4 Å². The van der Waals surface area contributed by atoms with Gasteiger partial charge in [0, 0.05) is 6.07 Å². The molecule has 1 N–H and O–H groups in total. The van der Waals surface area contributed by atoms with Crippen LogP contribution in [0.25, 0.3) is 0 Å². The summed E-state index contributed by atoms with van der Waals surface area (Å²) in [7, 11) is 1.73. The van der Waals surface area contributed by atoms with Crippen molar-refractivity contribution >= 4 is 5.69 Å². The monoisotopic (exact) mass is 277 g/mol. The van der Waals surface area contributed by atoms with E-state index < -0.39 is 10.5 Å². The third-order valence-corrected chi connectivity index (χ3v) is 3.19. The molecule has 0 saturated heterocycles. The largest absolute Gasteiger partial charge is 0.487 e. The fourth-order valence-electron chi connectivity index (χ4n) is 1.73. The van der Waals surface area contributed by atoms with Gasteiger partial charge in [-0.1, -0.05) is 6.07 Å². The number of nitriles is 1. The maximum Gasteiger partial charge on any atom is 0.310 e. The summed E-state index contributed by atoms with van der Waals surface area (Å²) in [6.07, 6.45) is 1.25. The summed E-state index contributed by atoms with van der Waals surface area (Å²) in [5.74, 6) is 0.276. The van der Waals surface area contributed by atoms with Gasteiger partial charge in [0.25, 0.3) is 0 Å². The topological polar surface area (TPSA) is 88.2 Å². The molecule has 6 heteroatoms. The van der Waals surface area contributed by atoms with Crippen molar-refractivity contribution in [3.05, 3.63) is 33.9 Å². The van der Waals surface area contributed by atoms with E-state index in [1.807, 2.05) is 13.8 Å². The number of nitro benzene ring substituents is 1. The van der Waals surface area contributed by atoms with Crippen LogP contribution in [-0.2, 0) is 0 Å². The van der Waals surface area contributed by atoms with Crippen LogP contribution in [0.3, 0.4) is 0 Å². The Morgan fingerprint density at radius 3 is 2.80 bits per heavy atom. The SMILES string of the molecule is CNC(C)(C#N)CCCOc1cc(C)ccc1[N+](=O)[O-]. The van der Waals surface area contributed by atoms with E-state index in [2.05, 4.69) is 11.4 Å². The second-order valence-electron chi connectivity index (χ2n) is 4.87. The second kappa shape index (κ2) is 6.87. The maximum atomic E-state index is 10.9. The fraction of sp³-hybridized carbons (Fsp3) is 0.500. The molecule has 0 radical (unpaired) electrons. The lowest BCUT2D eigenvalue weighted by Crippen LogP contribution is -2.38. The summed E-state index contributed by atoms with van der Waals surface area (Å²) in [5, 5.41) is 22.8. The zero-order valence-electron chi connectivity index (χ0n) is 12.0. The minimum Gasteiger partial charge on any atom is -0.487 e. The summed E-state index contributed by atoms with van der Waals surface area (Å²) in [6, 6.07) is 6.96. The van der Waals surface area contributed by atoms with Gasteiger partial charge >= 0.3 is 5.69 Å². The number of nitrogens with zero attached hydrogens (tertiary/aromatic N) is 2. The van der Waals surface area contributed by atoms with Gasteiger partial charge in [-0.05, 0) is 45.4 Å². The first-order valence-corrected chi connectivity index (χ1v) is 6.40. The number of ether oxygens (including phenoxy) is 1. The Morgan fingerprint density at radius 2 is 2.25 bits per heavy atom. The first-order valence-electron chi connectivity index (χ1n) is 6.40. The van der Waals surface area contributed by atoms with Gasteiger partial charge in [-0.3, -0.25) is 10.1 Å². The highest BCUT2D eigenvalue weighted by Crippen LogP contribution is 2.28. The van der Waals surface area contributed by atoms with Gasteiger partial charge < -0.3 is 10.1 Å². The Labute approximate surface area is 118 Å². The highest BCUT2D eigenvalue weighted by atomic mass is 16.6. The van der Waals surface area contributed by atoms with Crippen LogP contribution in [0.15, 0.2) is 18.2 Å². The van der Waals surface area contributed by atoms with E-state index >= 15 is 0 Å². The fourth-order valence-corrected chi connectivity index (χ4v) is 1.73. The van der Waals surface area contributed by atoms with Crippen molar-refractivity contribution in [2.75, 3.05) is 13.7 Å². The number of benzene rings is 1. The summed E-state index contributed by atoms with van der Waals surface area (Å²) < 4.78 is 5.48. The van der Waals surface area contributed by atoms with E-state index in [4.69, 9.17) is 10.00 Å². The highest BCUT2D eigenvalue weighted by molar-refractivity contribution is 5.48. The van der Waals surface area contributed by atoms with Crippen LogP contribution in [-0.4, -0.2) is 24.1 Å². The zero-order valence-corrected chi connectivity index (χ0v) is 12.0. The summed E-state index contributed by atoms with van der Waals surface area (Å²) in [6.45, 7) is 4.00. The van der Waals surface area contributed by atoms with E-state index in [9.17, 15) is 10.1 Å². The number of nitrogens with one attached hydrogen (secondary N) is 1. The van der Waals surface area contributed by atoms with Crippen LogP contribution in [0.1, 0.15) is 25.3 Å². The van der Waals surface area contributed by atoms with Crippen molar-refractivity contribution in [2.24, 2.45) is 0 Å². The molecule has 6 nitrogen and oxygen atoms in total. The molecular formula is C14H19N3O3. The Balaban J connectivity index is 2.61.